The van der Waals surface area contributed by atoms with Gasteiger partial charge in [-0.25, -0.2) is 0 Å². The fourth-order valence-electron chi connectivity index (χ4n) is 3.02. The zero-order chi connectivity index (χ0) is 13.8. The van der Waals surface area contributed by atoms with Crippen LogP contribution in [-0.4, -0.2) is 22.4 Å². The Morgan fingerprint density at radius 2 is 2.00 bits per heavy atom. The van der Waals surface area contributed by atoms with Crippen molar-refractivity contribution in [1.82, 2.24) is 15.1 Å². The molecule has 2 aromatic rings. The van der Waals surface area contributed by atoms with Crippen LogP contribution in [0.25, 0.3) is 10.9 Å². The zero-order valence-electron chi connectivity index (χ0n) is 11.7. The number of hydrogen-bond acceptors (Lipinski definition) is 3. The second-order valence-electron chi connectivity index (χ2n) is 5.54. The second-order valence-corrected chi connectivity index (χ2v) is 5.54. The molecule has 3 rings (SSSR count). The molecular weight excluding hydrogens is 250 g/mol. The Bertz CT molecular complexity index is 629. The van der Waals surface area contributed by atoms with Crippen LogP contribution in [0.4, 0.5) is 0 Å². The van der Waals surface area contributed by atoms with Crippen LogP contribution in [-0.2, 0) is 6.54 Å². The molecule has 0 atom stereocenters. The topological polar surface area (TPSA) is 46.9 Å². The molecule has 0 amide bonds. The highest BCUT2D eigenvalue weighted by molar-refractivity contribution is 5.77. The fourth-order valence-corrected chi connectivity index (χ4v) is 3.02. The molecule has 20 heavy (non-hydrogen) atoms. The van der Waals surface area contributed by atoms with E-state index in [1.54, 1.807) is 0 Å². The number of para-hydroxylation sites is 1. The van der Waals surface area contributed by atoms with Crippen molar-refractivity contribution in [3.05, 3.63) is 40.7 Å². The lowest BCUT2D eigenvalue weighted by Crippen LogP contribution is -2.33. The largest absolute Gasteiger partial charge is 0.312 e. The van der Waals surface area contributed by atoms with Gasteiger partial charge in [0.25, 0.3) is 0 Å². The smallest absolute Gasteiger partial charge is 0.207 e. The van der Waals surface area contributed by atoms with Gasteiger partial charge in [-0.1, -0.05) is 31.4 Å². The Kier molecular flexibility index (Phi) is 4.11. The molecule has 0 spiro atoms. The van der Waals surface area contributed by atoms with Gasteiger partial charge in [0, 0.05) is 18.0 Å². The third-order valence-corrected chi connectivity index (χ3v) is 4.12. The molecule has 0 radical (unpaired) electrons. The Hall–Kier alpha value is -1.68. The van der Waals surface area contributed by atoms with Gasteiger partial charge in [0.2, 0.25) is 5.43 Å². The van der Waals surface area contributed by atoms with Crippen LogP contribution in [0.15, 0.2) is 35.3 Å². The number of nitrogens with zero attached hydrogens (tertiary/aromatic N) is 2. The van der Waals surface area contributed by atoms with Gasteiger partial charge in [0.15, 0.2) is 0 Å². The number of aromatic nitrogens is 2. The van der Waals surface area contributed by atoms with Crippen molar-refractivity contribution in [3.8, 4) is 0 Å². The predicted octanol–water partition coefficient (Wildman–Crippen LogP) is 2.32. The maximum absolute atomic E-state index is 11.8. The maximum Gasteiger partial charge on any atom is 0.207 e. The van der Waals surface area contributed by atoms with Crippen molar-refractivity contribution < 1.29 is 0 Å². The van der Waals surface area contributed by atoms with Crippen LogP contribution in [0.1, 0.15) is 32.1 Å². The minimum absolute atomic E-state index is 0.00269. The standard InChI is InChI=1S/C16H21N3O/c20-16-12-18-19(15-9-5-4-8-14(15)16)11-10-17-13-6-2-1-3-7-13/h4-5,8-9,12-13,17H,1-3,6-7,10-11H2. The van der Waals surface area contributed by atoms with Crippen LogP contribution >= 0.6 is 0 Å². The van der Waals surface area contributed by atoms with Gasteiger partial charge in [0.1, 0.15) is 0 Å². The second kappa shape index (κ2) is 6.18. The lowest BCUT2D eigenvalue weighted by molar-refractivity contribution is 0.365. The zero-order valence-corrected chi connectivity index (χ0v) is 11.7. The van der Waals surface area contributed by atoms with E-state index in [4.69, 9.17) is 0 Å². The minimum Gasteiger partial charge on any atom is -0.312 e. The average molecular weight is 271 g/mol. The van der Waals surface area contributed by atoms with E-state index in [1.807, 2.05) is 28.9 Å². The molecule has 1 aromatic heterocycles. The third kappa shape index (κ3) is 2.90. The molecule has 1 heterocycles. The van der Waals surface area contributed by atoms with E-state index in [9.17, 15) is 4.79 Å². The summed E-state index contributed by atoms with van der Waals surface area (Å²) in [5.74, 6) is 0. The summed E-state index contributed by atoms with van der Waals surface area (Å²) in [5.41, 5.74) is 0.919. The van der Waals surface area contributed by atoms with Gasteiger partial charge >= 0.3 is 0 Å². The number of nitrogens with one attached hydrogen (secondary N) is 1. The van der Waals surface area contributed by atoms with E-state index in [-0.39, 0.29) is 5.43 Å². The quantitative estimate of drug-likeness (QED) is 0.928. The molecule has 1 aliphatic rings. The highest BCUT2D eigenvalue weighted by Gasteiger charge is 2.12. The molecule has 0 saturated heterocycles. The van der Waals surface area contributed by atoms with Gasteiger partial charge in [-0.15, -0.1) is 0 Å². The van der Waals surface area contributed by atoms with Crippen LogP contribution in [0.5, 0.6) is 0 Å². The van der Waals surface area contributed by atoms with Gasteiger partial charge in [-0.3, -0.25) is 9.48 Å². The molecular formula is C16H21N3O. The van der Waals surface area contributed by atoms with Crippen molar-refractivity contribution in [3.63, 3.8) is 0 Å². The van der Waals surface area contributed by atoms with E-state index in [0.717, 1.165) is 24.0 Å². The van der Waals surface area contributed by atoms with Crippen molar-refractivity contribution in [1.29, 1.82) is 0 Å². The highest BCUT2D eigenvalue weighted by Crippen LogP contribution is 2.17. The molecule has 4 heteroatoms. The molecule has 0 unspecified atom stereocenters. The monoisotopic (exact) mass is 271 g/mol. The Balaban J connectivity index is 1.68. The number of hydrogen-bond donors (Lipinski definition) is 1. The van der Waals surface area contributed by atoms with Crippen molar-refractivity contribution in [2.24, 2.45) is 0 Å². The lowest BCUT2D eigenvalue weighted by atomic mass is 9.95. The molecule has 1 saturated carbocycles. The van der Waals surface area contributed by atoms with Gasteiger partial charge in [-0.2, -0.15) is 5.10 Å². The summed E-state index contributed by atoms with van der Waals surface area (Å²) in [6, 6.07) is 8.34. The molecule has 1 fully saturated rings. The molecule has 0 bridgehead atoms. The summed E-state index contributed by atoms with van der Waals surface area (Å²) in [5, 5.41) is 8.61. The van der Waals surface area contributed by atoms with E-state index in [0.29, 0.717) is 6.04 Å². The molecule has 1 aromatic carbocycles. The first-order chi connectivity index (χ1) is 9.84. The molecule has 106 valence electrons. The van der Waals surface area contributed by atoms with Gasteiger partial charge in [0.05, 0.1) is 18.3 Å². The normalized spacial score (nSPS) is 16.6. The first-order valence-electron chi connectivity index (χ1n) is 7.53. The minimum atomic E-state index is -0.00269. The highest BCUT2D eigenvalue weighted by atomic mass is 16.1. The van der Waals surface area contributed by atoms with E-state index in [1.165, 1.54) is 38.3 Å². The SMILES string of the molecule is O=c1cnn(CCNC2CCCCC2)c2ccccc12. The number of benzene rings is 1. The lowest BCUT2D eigenvalue weighted by Gasteiger charge is -2.23. The molecule has 4 nitrogen and oxygen atoms in total. The summed E-state index contributed by atoms with van der Waals surface area (Å²) in [4.78, 5) is 11.8. The molecule has 1 N–H and O–H groups in total. The van der Waals surface area contributed by atoms with Crippen LogP contribution < -0.4 is 10.7 Å². The summed E-state index contributed by atoms with van der Waals surface area (Å²) in [7, 11) is 0. The molecule has 1 aliphatic carbocycles. The average Bonchev–Trinajstić information content (AvgIpc) is 2.51. The van der Waals surface area contributed by atoms with Gasteiger partial charge in [-0.05, 0) is 25.0 Å². The Morgan fingerprint density at radius 3 is 2.85 bits per heavy atom. The van der Waals surface area contributed by atoms with Crippen molar-refractivity contribution in [2.75, 3.05) is 6.54 Å². The Morgan fingerprint density at radius 1 is 1.20 bits per heavy atom. The summed E-state index contributed by atoms with van der Waals surface area (Å²) in [6.45, 7) is 1.71. The number of fused-ring (bicyclic) bond motifs is 1. The predicted molar refractivity (Wildman–Crippen MR) is 80.9 cm³/mol. The van der Waals surface area contributed by atoms with Gasteiger partial charge < -0.3 is 5.32 Å². The van der Waals surface area contributed by atoms with E-state index < -0.39 is 0 Å². The summed E-state index contributed by atoms with van der Waals surface area (Å²) >= 11 is 0. The maximum atomic E-state index is 11.8. The first kappa shape index (κ1) is 13.3. The first-order valence-corrected chi connectivity index (χ1v) is 7.53. The fraction of sp³-hybridized carbons (Fsp3) is 0.500. The van der Waals surface area contributed by atoms with Crippen molar-refractivity contribution >= 4 is 10.9 Å². The molecule has 0 aliphatic heterocycles. The van der Waals surface area contributed by atoms with E-state index >= 15 is 0 Å². The van der Waals surface area contributed by atoms with Crippen molar-refractivity contribution in [2.45, 2.75) is 44.7 Å². The Labute approximate surface area is 118 Å². The third-order valence-electron chi connectivity index (χ3n) is 4.12. The van der Waals surface area contributed by atoms with E-state index in [2.05, 4.69) is 10.4 Å². The van der Waals surface area contributed by atoms with Crippen LogP contribution in [0, 0.1) is 0 Å². The number of rotatable bonds is 4. The van der Waals surface area contributed by atoms with Crippen LogP contribution in [0.2, 0.25) is 0 Å². The summed E-state index contributed by atoms with van der Waals surface area (Å²) in [6.07, 6.45) is 8.07. The van der Waals surface area contributed by atoms with Crippen LogP contribution in [0.3, 0.4) is 0 Å². The summed E-state index contributed by atoms with van der Waals surface area (Å²) < 4.78 is 1.92.